The van der Waals surface area contributed by atoms with E-state index in [9.17, 15) is 14.4 Å². The molecule has 2 heterocycles. The van der Waals surface area contributed by atoms with Gasteiger partial charge in [-0.15, -0.1) is 0 Å². The molecular formula is C15H13FN4O. The summed E-state index contributed by atoms with van der Waals surface area (Å²) in [4.78, 5) is 13.3. The average molecular weight is 284 g/mol. The predicted octanol–water partition coefficient (Wildman–Crippen LogP) is 2.05. The summed E-state index contributed by atoms with van der Waals surface area (Å²) in [6.45, 7) is 0. The second-order valence-electron chi connectivity index (χ2n) is 5.08. The first-order chi connectivity index (χ1) is 10.1. The van der Waals surface area contributed by atoms with Crippen molar-refractivity contribution in [2.45, 2.75) is 12.5 Å². The molecule has 1 aliphatic rings. The second-order valence-corrected chi connectivity index (χ2v) is 5.08. The molecule has 0 spiro atoms. The number of carbonyl (C=O) groups is 1. The van der Waals surface area contributed by atoms with Crippen LogP contribution in [0.3, 0.4) is 0 Å². The minimum absolute atomic E-state index is 0.0407. The normalized spacial score (nSPS) is 21.6. The van der Waals surface area contributed by atoms with E-state index in [1.165, 1.54) is 12.1 Å². The summed E-state index contributed by atoms with van der Waals surface area (Å²) < 4.78 is 14.5. The van der Waals surface area contributed by atoms with Gasteiger partial charge in [-0.05, 0) is 24.3 Å². The molecule has 0 bridgehead atoms. The largest absolute Gasteiger partial charge is 0.337 e. The van der Waals surface area contributed by atoms with Gasteiger partial charge in [0, 0.05) is 25.2 Å². The molecule has 0 unspecified atom stereocenters. The fourth-order valence-corrected chi connectivity index (χ4v) is 2.67. The Morgan fingerprint density at radius 3 is 2.76 bits per heavy atom. The molecule has 1 aliphatic heterocycles. The first kappa shape index (κ1) is 13.3. The fraction of sp³-hybridized carbons (Fsp3) is 0.267. The number of amides is 1. The lowest BCUT2D eigenvalue weighted by Crippen LogP contribution is -2.23. The van der Waals surface area contributed by atoms with Crippen LogP contribution in [0.1, 0.15) is 18.0 Å². The van der Waals surface area contributed by atoms with Crippen molar-refractivity contribution in [1.29, 1.82) is 5.26 Å². The lowest BCUT2D eigenvalue weighted by molar-refractivity contribution is -0.127. The standard InChI is InChI=1S/C15H13FN4O/c1-19-14(21)6-10(7-17)15(19)11-8-18-20(9-11)13-4-2-12(16)3-5-13/h2-5,8-10,15H,6H2,1H3/t10-,15+/m1/s1. The topological polar surface area (TPSA) is 61.9 Å². The highest BCUT2D eigenvalue weighted by molar-refractivity contribution is 5.79. The zero-order valence-corrected chi connectivity index (χ0v) is 11.4. The number of benzene rings is 1. The highest BCUT2D eigenvalue weighted by atomic mass is 19.1. The maximum Gasteiger partial charge on any atom is 0.224 e. The third-order valence-electron chi connectivity index (χ3n) is 3.79. The van der Waals surface area contributed by atoms with E-state index in [1.807, 2.05) is 0 Å². The lowest BCUT2D eigenvalue weighted by Gasteiger charge is -2.20. The van der Waals surface area contributed by atoms with Crippen molar-refractivity contribution in [3.63, 3.8) is 0 Å². The molecule has 0 radical (unpaired) electrons. The smallest absolute Gasteiger partial charge is 0.224 e. The van der Waals surface area contributed by atoms with Gasteiger partial charge in [-0.1, -0.05) is 0 Å². The molecule has 1 saturated heterocycles. The molecule has 1 amide bonds. The van der Waals surface area contributed by atoms with Crippen molar-refractivity contribution < 1.29 is 9.18 Å². The molecule has 106 valence electrons. The van der Waals surface area contributed by atoms with Gasteiger partial charge in [0.1, 0.15) is 5.82 Å². The summed E-state index contributed by atoms with van der Waals surface area (Å²) >= 11 is 0. The van der Waals surface area contributed by atoms with Crippen molar-refractivity contribution >= 4 is 5.91 Å². The van der Waals surface area contributed by atoms with Gasteiger partial charge >= 0.3 is 0 Å². The number of nitrogens with zero attached hydrogens (tertiary/aromatic N) is 4. The van der Waals surface area contributed by atoms with Crippen molar-refractivity contribution in [3.8, 4) is 11.8 Å². The van der Waals surface area contributed by atoms with Crippen LogP contribution in [0.4, 0.5) is 4.39 Å². The first-order valence-corrected chi connectivity index (χ1v) is 6.56. The van der Waals surface area contributed by atoms with Crippen LogP contribution >= 0.6 is 0 Å². The van der Waals surface area contributed by atoms with Crippen molar-refractivity contribution in [3.05, 3.63) is 48.0 Å². The molecule has 0 aliphatic carbocycles. The number of carbonyl (C=O) groups excluding carboxylic acids is 1. The number of hydrogen-bond donors (Lipinski definition) is 0. The number of likely N-dealkylation sites (tertiary alicyclic amines) is 1. The summed E-state index contributed by atoms with van der Waals surface area (Å²) in [5.41, 5.74) is 1.53. The number of rotatable bonds is 2. The van der Waals surface area contributed by atoms with Gasteiger partial charge in [-0.2, -0.15) is 10.4 Å². The van der Waals surface area contributed by atoms with E-state index in [1.54, 1.807) is 41.2 Å². The van der Waals surface area contributed by atoms with Gasteiger partial charge in [0.05, 0.1) is 29.9 Å². The Balaban J connectivity index is 1.93. The Bertz CT molecular complexity index is 716. The molecule has 6 heteroatoms. The SMILES string of the molecule is CN1C(=O)C[C@H](C#N)[C@H]1c1cnn(-c2ccc(F)cc2)c1. The molecule has 21 heavy (non-hydrogen) atoms. The molecule has 2 atom stereocenters. The molecule has 0 saturated carbocycles. The third-order valence-corrected chi connectivity index (χ3v) is 3.79. The van der Waals surface area contributed by atoms with E-state index >= 15 is 0 Å². The maximum absolute atomic E-state index is 12.9. The van der Waals surface area contributed by atoms with Gasteiger partial charge in [0.25, 0.3) is 0 Å². The number of aromatic nitrogens is 2. The van der Waals surface area contributed by atoms with E-state index in [0.29, 0.717) is 0 Å². The van der Waals surface area contributed by atoms with Crippen molar-refractivity contribution in [1.82, 2.24) is 14.7 Å². The summed E-state index contributed by atoms with van der Waals surface area (Å²) in [6, 6.07) is 7.87. The second kappa shape index (κ2) is 5.02. The maximum atomic E-state index is 12.9. The Kier molecular flexibility index (Phi) is 3.18. The highest BCUT2D eigenvalue weighted by Crippen LogP contribution is 2.36. The van der Waals surface area contributed by atoms with Gasteiger partial charge in [-0.25, -0.2) is 9.07 Å². The van der Waals surface area contributed by atoms with E-state index in [4.69, 9.17) is 0 Å². The average Bonchev–Trinajstić information content (AvgIpc) is 3.05. The molecule has 1 aromatic carbocycles. The van der Waals surface area contributed by atoms with Crippen LogP contribution in [-0.4, -0.2) is 27.6 Å². The minimum Gasteiger partial charge on any atom is -0.337 e. The zero-order valence-electron chi connectivity index (χ0n) is 11.4. The molecule has 3 rings (SSSR count). The molecule has 1 fully saturated rings. The molecule has 0 N–H and O–H groups in total. The minimum atomic E-state index is -0.367. The van der Waals surface area contributed by atoms with E-state index in [0.717, 1.165) is 11.3 Å². The van der Waals surface area contributed by atoms with Gasteiger partial charge in [0.15, 0.2) is 0 Å². The first-order valence-electron chi connectivity index (χ1n) is 6.56. The molecular weight excluding hydrogens is 271 g/mol. The van der Waals surface area contributed by atoms with E-state index < -0.39 is 0 Å². The molecule has 2 aromatic rings. The van der Waals surface area contributed by atoms with Crippen LogP contribution in [0.15, 0.2) is 36.7 Å². The summed E-state index contributed by atoms with van der Waals surface area (Å²) in [5, 5.41) is 13.4. The number of halogens is 1. The third kappa shape index (κ3) is 2.27. The van der Waals surface area contributed by atoms with Gasteiger partial charge < -0.3 is 4.90 Å². The Hall–Kier alpha value is -2.68. The number of hydrogen-bond acceptors (Lipinski definition) is 3. The quantitative estimate of drug-likeness (QED) is 0.848. The van der Waals surface area contributed by atoms with Crippen LogP contribution in [0.2, 0.25) is 0 Å². The lowest BCUT2D eigenvalue weighted by atomic mass is 9.97. The fourth-order valence-electron chi connectivity index (χ4n) is 2.67. The Morgan fingerprint density at radius 2 is 2.10 bits per heavy atom. The Labute approximate surface area is 121 Å². The Morgan fingerprint density at radius 1 is 1.38 bits per heavy atom. The van der Waals surface area contributed by atoms with Crippen LogP contribution in [0.25, 0.3) is 5.69 Å². The van der Waals surface area contributed by atoms with Gasteiger partial charge in [0.2, 0.25) is 5.91 Å². The van der Waals surface area contributed by atoms with Gasteiger partial charge in [-0.3, -0.25) is 4.79 Å². The monoisotopic (exact) mass is 284 g/mol. The summed E-state index contributed by atoms with van der Waals surface area (Å²) in [6.07, 6.45) is 3.66. The van der Waals surface area contributed by atoms with Crippen LogP contribution in [-0.2, 0) is 4.79 Å². The van der Waals surface area contributed by atoms with E-state index in [-0.39, 0.29) is 30.1 Å². The van der Waals surface area contributed by atoms with Crippen LogP contribution in [0, 0.1) is 23.1 Å². The highest BCUT2D eigenvalue weighted by Gasteiger charge is 2.39. The van der Waals surface area contributed by atoms with Crippen molar-refractivity contribution in [2.24, 2.45) is 5.92 Å². The zero-order chi connectivity index (χ0) is 15.0. The molecule has 5 nitrogen and oxygen atoms in total. The van der Waals surface area contributed by atoms with Crippen LogP contribution in [0.5, 0.6) is 0 Å². The van der Waals surface area contributed by atoms with E-state index in [2.05, 4.69) is 11.2 Å². The molecule has 1 aromatic heterocycles. The number of nitriles is 1. The van der Waals surface area contributed by atoms with Crippen molar-refractivity contribution in [2.75, 3.05) is 7.05 Å². The predicted molar refractivity (Wildman–Crippen MR) is 72.8 cm³/mol. The summed E-state index contributed by atoms with van der Waals surface area (Å²) in [5.74, 6) is -0.716. The van der Waals surface area contributed by atoms with Crippen LogP contribution < -0.4 is 0 Å². The summed E-state index contributed by atoms with van der Waals surface area (Å²) in [7, 11) is 1.69.